The van der Waals surface area contributed by atoms with Crippen LogP contribution in [0.3, 0.4) is 0 Å². The summed E-state index contributed by atoms with van der Waals surface area (Å²) in [5, 5.41) is 16.8. The number of methoxy groups -OCH3 is 1. The zero-order valence-corrected chi connectivity index (χ0v) is 8.49. The zero-order valence-electron chi connectivity index (χ0n) is 8.49. The summed E-state index contributed by atoms with van der Waals surface area (Å²) in [6.45, 7) is 0. The number of carboxylic acids is 1. The van der Waals surface area contributed by atoms with Gasteiger partial charge in [0.1, 0.15) is 11.4 Å². The summed E-state index contributed by atoms with van der Waals surface area (Å²) in [5.74, 6) is -0.570. The minimum absolute atomic E-state index is 0. The van der Waals surface area contributed by atoms with Crippen LogP contribution in [0.2, 0.25) is 0 Å². The maximum absolute atomic E-state index is 11.1. The van der Waals surface area contributed by atoms with Crippen LogP contribution in [0, 0.1) is 0 Å². The van der Waals surface area contributed by atoms with Gasteiger partial charge in [0.05, 0.1) is 25.1 Å². The van der Waals surface area contributed by atoms with Gasteiger partial charge in [0.15, 0.2) is 0 Å². The Kier molecular flexibility index (Phi) is 5.28. The molecule has 0 spiro atoms. The number of aromatic carboxylic acids is 1. The third kappa shape index (κ3) is 3.14. The molecule has 2 aromatic rings. The fourth-order valence-electron chi connectivity index (χ4n) is 1.33. The van der Waals surface area contributed by atoms with Crippen LogP contribution >= 0.6 is 0 Å². The van der Waals surface area contributed by atoms with Gasteiger partial charge >= 0.3 is 57.4 Å². The molecular weight excluding hydrogens is 249 g/mol. The Labute approximate surface area is 140 Å². The first-order valence-electron chi connectivity index (χ1n) is 4.50. The second kappa shape index (κ2) is 6.27. The number of carbonyl (C=O) groups is 1. The van der Waals surface area contributed by atoms with Crippen molar-refractivity contribution in [1.29, 1.82) is 0 Å². The predicted octanol–water partition coefficient (Wildman–Crippen LogP) is 0.326. The molecule has 2 rings (SSSR count). The third-order valence-electron chi connectivity index (χ3n) is 2.07. The number of carboxylic acid groups (broad SMARTS) is 1. The molecular formula is C10H10KN3O3. The van der Waals surface area contributed by atoms with E-state index in [-0.39, 0.29) is 56.9 Å². The zero-order chi connectivity index (χ0) is 11.5. The molecule has 0 saturated carbocycles. The van der Waals surface area contributed by atoms with E-state index in [2.05, 4.69) is 10.2 Å². The van der Waals surface area contributed by atoms with Gasteiger partial charge in [-0.25, -0.2) is 4.79 Å². The van der Waals surface area contributed by atoms with Gasteiger partial charge in [-0.1, -0.05) is 0 Å². The van der Waals surface area contributed by atoms with Crippen molar-refractivity contribution in [2.75, 3.05) is 7.11 Å². The molecule has 6 nitrogen and oxygen atoms in total. The molecule has 0 unspecified atom stereocenters. The van der Waals surface area contributed by atoms with E-state index < -0.39 is 5.97 Å². The van der Waals surface area contributed by atoms with Crippen molar-refractivity contribution < 1.29 is 14.6 Å². The molecule has 1 aromatic carbocycles. The quantitative estimate of drug-likeness (QED) is 0.804. The van der Waals surface area contributed by atoms with Gasteiger partial charge in [0.2, 0.25) is 0 Å². The van der Waals surface area contributed by atoms with Crippen LogP contribution in [-0.4, -0.2) is 84.6 Å². The molecule has 0 fully saturated rings. The summed E-state index contributed by atoms with van der Waals surface area (Å²) in [7, 11) is 1.48. The Bertz CT molecular complexity index is 514. The van der Waals surface area contributed by atoms with E-state index >= 15 is 0 Å². The molecule has 1 aromatic heterocycles. The van der Waals surface area contributed by atoms with Gasteiger partial charge in [0, 0.05) is 0 Å². The molecule has 84 valence electrons. The number of hydrogen-bond donors (Lipinski definition) is 1. The normalized spacial score (nSPS) is 9.47. The van der Waals surface area contributed by atoms with E-state index in [0.29, 0.717) is 11.4 Å². The topological polar surface area (TPSA) is 77.2 Å². The maximum atomic E-state index is 11.1. The molecule has 0 aliphatic heterocycles. The average molecular weight is 259 g/mol. The van der Waals surface area contributed by atoms with Crippen LogP contribution in [0.15, 0.2) is 30.6 Å². The first-order chi connectivity index (χ1) is 7.72. The molecule has 0 bridgehead atoms. The summed E-state index contributed by atoms with van der Waals surface area (Å²) < 4.78 is 4.96. The van der Waals surface area contributed by atoms with Gasteiger partial charge in [-0.3, -0.25) is 0 Å². The van der Waals surface area contributed by atoms with Crippen molar-refractivity contribution in [3.05, 3.63) is 36.2 Å². The van der Waals surface area contributed by atoms with Crippen LogP contribution in [0.5, 0.6) is 5.75 Å². The molecule has 1 N–H and O–H groups in total. The molecule has 7 heteroatoms. The van der Waals surface area contributed by atoms with Gasteiger partial charge in [-0.15, -0.1) is 0 Å². The Hall–Kier alpha value is -0.734. The van der Waals surface area contributed by atoms with Crippen LogP contribution in [0.4, 0.5) is 0 Å². The van der Waals surface area contributed by atoms with Crippen molar-refractivity contribution in [3.63, 3.8) is 0 Å². The minimum atomic E-state index is -1.05. The monoisotopic (exact) mass is 259 g/mol. The molecule has 1 heterocycles. The number of nitrogens with zero attached hydrogens (tertiary/aromatic N) is 3. The van der Waals surface area contributed by atoms with E-state index in [1.165, 1.54) is 30.4 Å². The summed E-state index contributed by atoms with van der Waals surface area (Å²) >= 11 is 0. The molecule has 0 aliphatic rings. The molecule has 17 heavy (non-hydrogen) atoms. The Morgan fingerprint density at radius 1 is 1.35 bits per heavy atom. The second-order valence-corrected chi connectivity index (χ2v) is 3.01. The van der Waals surface area contributed by atoms with Gasteiger partial charge in [-0.05, 0) is 18.2 Å². The van der Waals surface area contributed by atoms with Gasteiger partial charge < -0.3 is 9.84 Å². The molecule has 0 saturated heterocycles. The SMILES string of the molecule is COc1ccc(-n2nccn2)c(C(=O)O)c1.[KH]. The first kappa shape index (κ1) is 14.3. The Balaban J connectivity index is 0.00000144. The van der Waals surface area contributed by atoms with Gasteiger partial charge in [0.25, 0.3) is 0 Å². The number of rotatable bonds is 3. The third-order valence-corrected chi connectivity index (χ3v) is 2.07. The van der Waals surface area contributed by atoms with E-state index in [4.69, 9.17) is 9.84 Å². The van der Waals surface area contributed by atoms with E-state index in [1.807, 2.05) is 0 Å². The Morgan fingerprint density at radius 2 is 2.00 bits per heavy atom. The first-order valence-corrected chi connectivity index (χ1v) is 4.50. The number of aromatic nitrogens is 3. The van der Waals surface area contributed by atoms with Crippen LogP contribution in [-0.2, 0) is 0 Å². The van der Waals surface area contributed by atoms with Crippen LogP contribution in [0.1, 0.15) is 10.4 Å². The predicted molar refractivity (Wildman–Crippen MR) is 62.0 cm³/mol. The second-order valence-electron chi connectivity index (χ2n) is 3.01. The van der Waals surface area contributed by atoms with Crippen molar-refractivity contribution in [3.8, 4) is 11.4 Å². The fourth-order valence-corrected chi connectivity index (χ4v) is 1.33. The van der Waals surface area contributed by atoms with Crippen molar-refractivity contribution in [2.45, 2.75) is 0 Å². The van der Waals surface area contributed by atoms with Gasteiger partial charge in [-0.2, -0.15) is 15.0 Å². The number of ether oxygens (including phenoxy) is 1. The van der Waals surface area contributed by atoms with E-state index in [1.54, 1.807) is 12.1 Å². The Morgan fingerprint density at radius 3 is 2.53 bits per heavy atom. The summed E-state index contributed by atoms with van der Waals surface area (Å²) in [4.78, 5) is 12.3. The van der Waals surface area contributed by atoms with Crippen molar-refractivity contribution >= 4 is 57.4 Å². The van der Waals surface area contributed by atoms with Crippen LogP contribution in [0.25, 0.3) is 5.69 Å². The molecule has 0 amide bonds. The van der Waals surface area contributed by atoms with Crippen molar-refractivity contribution in [2.24, 2.45) is 0 Å². The molecule has 0 atom stereocenters. The standard InChI is InChI=1S/C10H9N3O3.K.H/c1-16-7-2-3-9(8(6-7)10(14)15)13-11-4-5-12-13;;/h2-6H,1H3,(H,14,15);;. The molecule has 0 aliphatic carbocycles. The van der Waals surface area contributed by atoms with E-state index in [0.717, 1.165) is 0 Å². The average Bonchev–Trinajstić information content (AvgIpc) is 2.81. The van der Waals surface area contributed by atoms with Crippen molar-refractivity contribution in [1.82, 2.24) is 15.0 Å². The fraction of sp³-hybridized carbons (Fsp3) is 0.100. The van der Waals surface area contributed by atoms with Crippen LogP contribution < -0.4 is 4.74 Å². The summed E-state index contributed by atoms with van der Waals surface area (Å²) in [6.07, 6.45) is 2.96. The molecule has 0 radical (unpaired) electrons. The number of hydrogen-bond acceptors (Lipinski definition) is 4. The number of benzene rings is 1. The summed E-state index contributed by atoms with van der Waals surface area (Å²) in [5.41, 5.74) is 0.494. The summed E-state index contributed by atoms with van der Waals surface area (Å²) in [6, 6.07) is 4.69. The van der Waals surface area contributed by atoms with E-state index in [9.17, 15) is 4.79 Å².